The van der Waals surface area contributed by atoms with Crippen LogP contribution in [-0.4, -0.2) is 33.1 Å². The van der Waals surface area contributed by atoms with Crippen LogP contribution in [0.4, 0.5) is 5.13 Å². The van der Waals surface area contributed by atoms with E-state index in [0.717, 1.165) is 16.0 Å². The molecule has 1 amide bonds. The molecule has 2 N–H and O–H groups in total. The number of hydrogen-bond donors (Lipinski definition) is 2. The third-order valence-electron chi connectivity index (χ3n) is 3.96. The molecule has 1 aromatic carbocycles. The van der Waals surface area contributed by atoms with Crippen LogP contribution >= 0.6 is 11.3 Å². The third kappa shape index (κ3) is 3.55. The van der Waals surface area contributed by atoms with Gasteiger partial charge in [0, 0.05) is 18.9 Å². The number of anilines is 1. The highest BCUT2D eigenvalue weighted by molar-refractivity contribution is 7.22. The third-order valence-corrected chi connectivity index (χ3v) is 4.89. The molecule has 0 radical (unpaired) electrons. The molecule has 0 spiro atoms. The maximum absolute atomic E-state index is 12.4. The van der Waals surface area contributed by atoms with Crippen LogP contribution in [0.15, 0.2) is 24.4 Å². The first-order valence-corrected chi connectivity index (χ1v) is 8.92. The number of nitrogens with one attached hydrogen (secondary N) is 1. The highest BCUT2D eigenvalue weighted by Gasteiger charge is 2.20. The number of aromatic nitrogens is 2. The van der Waals surface area contributed by atoms with Crippen molar-refractivity contribution in [1.29, 1.82) is 0 Å². The Labute approximate surface area is 154 Å². The van der Waals surface area contributed by atoms with Crippen molar-refractivity contribution >= 4 is 38.6 Å². The molecule has 26 heavy (non-hydrogen) atoms. The quantitative estimate of drug-likeness (QED) is 0.692. The fourth-order valence-corrected chi connectivity index (χ4v) is 3.78. The standard InChI is InChI=1S/C18H19N3O4S/c1-4-25-11-5-6-12-14(7-11)26-18(19-12)20-15(22)8-13-16(17(23)24)10(2)9-21(13)3/h5-7,9H,4,8H2,1-3H3,(H,23,24)(H,19,20,22). The largest absolute Gasteiger partial charge is 0.494 e. The Morgan fingerprint density at radius 2 is 2.15 bits per heavy atom. The van der Waals surface area contributed by atoms with Crippen LogP contribution in [0.25, 0.3) is 10.2 Å². The maximum Gasteiger partial charge on any atom is 0.337 e. The van der Waals surface area contributed by atoms with E-state index in [-0.39, 0.29) is 17.9 Å². The molecule has 3 rings (SSSR count). The molecule has 0 unspecified atom stereocenters. The molecule has 0 aliphatic heterocycles. The number of rotatable bonds is 6. The molecule has 0 atom stereocenters. The number of aromatic carboxylic acids is 1. The number of carbonyl (C=O) groups excluding carboxylic acids is 1. The summed E-state index contributed by atoms with van der Waals surface area (Å²) in [6.07, 6.45) is 1.67. The second-order valence-corrected chi connectivity index (χ2v) is 6.89. The van der Waals surface area contributed by atoms with Gasteiger partial charge >= 0.3 is 5.97 Å². The Kier molecular flexibility index (Phi) is 4.94. The lowest BCUT2D eigenvalue weighted by Crippen LogP contribution is -2.18. The molecule has 2 aromatic heterocycles. The predicted molar refractivity (Wildman–Crippen MR) is 100 cm³/mol. The van der Waals surface area contributed by atoms with Gasteiger partial charge in [0.2, 0.25) is 5.91 Å². The number of carboxylic acid groups (broad SMARTS) is 1. The lowest BCUT2D eigenvalue weighted by atomic mass is 10.1. The van der Waals surface area contributed by atoms with Gasteiger partial charge in [-0.05, 0) is 37.6 Å². The number of ether oxygens (including phenoxy) is 1. The summed E-state index contributed by atoms with van der Waals surface area (Å²) in [7, 11) is 1.73. The minimum absolute atomic E-state index is 0.0356. The first-order valence-electron chi connectivity index (χ1n) is 8.10. The summed E-state index contributed by atoms with van der Waals surface area (Å²) >= 11 is 1.35. The van der Waals surface area contributed by atoms with Crippen molar-refractivity contribution < 1.29 is 19.4 Å². The molecule has 3 aromatic rings. The molecule has 0 aliphatic carbocycles. The molecule has 7 nitrogen and oxygen atoms in total. The summed E-state index contributed by atoms with van der Waals surface area (Å²) in [5.41, 5.74) is 2.04. The van der Waals surface area contributed by atoms with Gasteiger partial charge < -0.3 is 19.7 Å². The number of nitrogens with zero attached hydrogens (tertiary/aromatic N) is 2. The van der Waals surface area contributed by atoms with Crippen LogP contribution in [0.2, 0.25) is 0 Å². The average Bonchev–Trinajstić information content (AvgIpc) is 3.07. The van der Waals surface area contributed by atoms with E-state index in [1.54, 1.807) is 24.7 Å². The van der Waals surface area contributed by atoms with Crippen molar-refractivity contribution in [3.63, 3.8) is 0 Å². The molecule has 8 heteroatoms. The summed E-state index contributed by atoms with van der Waals surface area (Å²) in [6.45, 7) is 4.21. The fraction of sp³-hybridized carbons (Fsp3) is 0.278. The SMILES string of the molecule is CCOc1ccc2nc(NC(=O)Cc3c(C(=O)O)c(C)cn3C)sc2c1. The first-order chi connectivity index (χ1) is 12.4. The van der Waals surface area contributed by atoms with E-state index < -0.39 is 5.97 Å². The van der Waals surface area contributed by atoms with Gasteiger partial charge in [-0.3, -0.25) is 4.79 Å². The van der Waals surface area contributed by atoms with E-state index in [9.17, 15) is 14.7 Å². The number of hydrogen-bond acceptors (Lipinski definition) is 5. The van der Waals surface area contributed by atoms with Gasteiger partial charge in [0.1, 0.15) is 5.75 Å². The Hall–Kier alpha value is -2.87. The number of thiazole rings is 1. The number of fused-ring (bicyclic) bond motifs is 1. The van der Waals surface area contributed by atoms with Gasteiger partial charge in [0.05, 0.1) is 28.8 Å². The van der Waals surface area contributed by atoms with Gasteiger partial charge in [-0.1, -0.05) is 11.3 Å². The Bertz CT molecular complexity index is 990. The summed E-state index contributed by atoms with van der Waals surface area (Å²) in [6, 6.07) is 5.56. The zero-order valence-electron chi connectivity index (χ0n) is 14.7. The number of amides is 1. The van der Waals surface area contributed by atoms with Crippen molar-refractivity contribution in [3.8, 4) is 5.75 Å². The van der Waals surface area contributed by atoms with Gasteiger partial charge in [-0.2, -0.15) is 0 Å². The molecule has 2 heterocycles. The Morgan fingerprint density at radius 1 is 1.38 bits per heavy atom. The van der Waals surface area contributed by atoms with E-state index in [2.05, 4.69) is 10.3 Å². The van der Waals surface area contributed by atoms with Crippen molar-refractivity contribution in [2.24, 2.45) is 7.05 Å². The van der Waals surface area contributed by atoms with Crippen LogP contribution in [0.3, 0.4) is 0 Å². The molecule has 0 fully saturated rings. The summed E-state index contributed by atoms with van der Waals surface area (Å²) in [5, 5.41) is 12.6. The Balaban J connectivity index is 1.78. The number of carboxylic acids is 1. The fourth-order valence-electron chi connectivity index (χ4n) is 2.87. The second-order valence-electron chi connectivity index (χ2n) is 5.86. The molecular formula is C18H19N3O4S. The topological polar surface area (TPSA) is 93.4 Å². The van der Waals surface area contributed by atoms with Gasteiger partial charge in [-0.15, -0.1) is 0 Å². The molecule has 136 valence electrons. The lowest BCUT2D eigenvalue weighted by molar-refractivity contribution is -0.115. The van der Waals surface area contributed by atoms with Crippen LogP contribution in [0, 0.1) is 6.92 Å². The van der Waals surface area contributed by atoms with E-state index >= 15 is 0 Å². The summed E-state index contributed by atoms with van der Waals surface area (Å²) in [5.74, 6) is -0.584. The zero-order chi connectivity index (χ0) is 18.8. The van der Waals surface area contributed by atoms with Crippen LogP contribution < -0.4 is 10.1 Å². The zero-order valence-corrected chi connectivity index (χ0v) is 15.5. The highest BCUT2D eigenvalue weighted by Crippen LogP contribution is 2.29. The van der Waals surface area contributed by atoms with Crippen molar-refractivity contribution in [1.82, 2.24) is 9.55 Å². The maximum atomic E-state index is 12.4. The smallest absolute Gasteiger partial charge is 0.337 e. The number of benzene rings is 1. The minimum Gasteiger partial charge on any atom is -0.494 e. The molecule has 0 bridgehead atoms. The van der Waals surface area contributed by atoms with E-state index in [4.69, 9.17) is 4.74 Å². The van der Waals surface area contributed by atoms with Crippen molar-refractivity contribution in [2.75, 3.05) is 11.9 Å². The average molecular weight is 373 g/mol. The van der Waals surface area contributed by atoms with E-state index in [0.29, 0.717) is 23.0 Å². The normalized spacial score (nSPS) is 10.9. The van der Waals surface area contributed by atoms with Crippen LogP contribution in [0.5, 0.6) is 5.75 Å². The minimum atomic E-state index is -1.03. The lowest BCUT2D eigenvalue weighted by Gasteiger charge is -2.05. The molecule has 0 saturated heterocycles. The van der Waals surface area contributed by atoms with Gasteiger partial charge in [0.15, 0.2) is 5.13 Å². The van der Waals surface area contributed by atoms with Crippen molar-refractivity contribution in [2.45, 2.75) is 20.3 Å². The predicted octanol–water partition coefficient (Wildman–Crippen LogP) is 3.22. The number of carbonyl (C=O) groups is 2. The van der Waals surface area contributed by atoms with Gasteiger partial charge in [-0.25, -0.2) is 9.78 Å². The van der Waals surface area contributed by atoms with E-state index in [1.165, 1.54) is 11.3 Å². The molecular weight excluding hydrogens is 354 g/mol. The molecule has 0 aliphatic rings. The van der Waals surface area contributed by atoms with Crippen molar-refractivity contribution in [3.05, 3.63) is 41.2 Å². The first kappa shape index (κ1) is 17.9. The number of aryl methyl sites for hydroxylation is 2. The summed E-state index contributed by atoms with van der Waals surface area (Å²) < 4.78 is 8.05. The molecule has 0 saturated carbocycles. The van der Waals surface area contributed by atoms with Crippen LogP contribution in [0.1, 0.15) is 28.5 Å². The van der Waals surface area contributed by atoms with Crippen LogP contribution in [-0.2, 0) is 18.3 Å². The second kappa shape index (κ2) is 7.17. The highest BCUT2D eigenvalue weighted by atomic mass is 32.1. The Morgan fingerprint density at radius 3 is 2.85 bits per heavy atom. The van der Waals surface area contributed by atoms with E-state index in [1.807, 2.05) is 25.1 Å². The van der Waals surface area contributed by atoms with Gasteiger partial charge in [0.25, 0.3) is 0 Å². The summed E-state index contributed by atoms with van der Waals surface area (Å²) in [4.78, 5) is 28.2. The monoisotopic (exact) mass is 373 g/mol.